The van der Waals surface area contributed by atoms with Crippen LogP contribution in [0.15, 0.2) is 0 Å². The molecule has 1 saturated heterocycles. The van der Waals surface area contributed by atoms with E-state index < -0.39 is 29.0 Å². The molecule has 0 aromatic heterocycles. The Balaban J connectivity index is -0.000000117. The van der Waals surface area contributed by atoms with E-state index in [9.17, 15) is 69.1 Å². The largest absolute Gasteiger partial charge is 0.673 e. The van der Waals surface area contributed by atoms with Crippen LogP contribution in [0.4, 0.5) is 69.1 Å². The standard InChI is InChI=1S/C5H10.4BF4.U/c1-3-5-4-2;4*2-1(3,4)5;/h1-5H2;;;;;/q;4*-1;+4. The van der Waals surface area contributed by atoms with Crippen LogP contribution in [0.5, 0.6) is 0 Å². The van der Waals surface area contributed by atoms with E-state index in [1.165, 1.54) is 0 Å². The number of rotatable bonds is 0. The first-order valence-corrected chi connectivity index (χ1v) is 12.1. The summed E-state index contributed by atoms with van der Waals surface area (Å²) in [4.78, 5) is 0. The van der Waals surface area contributed by atoms with Gasteiger partial charge in [0.2, 0.25) is 0 Å². The topological polar surface area (TPSA) is 0 Å². The van der Waals surface area contributed by atoms with Crippen LogP contribution < -0.4 is 0 Å². The van der Waals surface area contributed by atoms with Crippen molar-refractivity contribution in [1.29, 1.82) is 0 Å². The van der Waals surface area contributed by atoms with Crippen LogP contribution in [0.3, 0.4) is 0 Å². The van der Waals surface area contributed by atoms with Crippen molar-refractivity contribution >= 4 is 29.0 Å². The zero-order valence-electron chi connectivity index (χ0n) is 12.4. The van der Waals surface area contributed by atoms with E-state index in [1.54, 1.807) is 26.2 Å². The molecule has 0 aromatic rings. The zero-order valence-corrected chi connectivity index (χ0v) is 16.6. The van der Waals surface area contributed by atoms with Crippen LogP contribution >= 0.6 is 0 Å². The SMILES string of the molecule is C1C[CH2][U+4][CH2]C1.F[B-](F)(F)F.F[B-](F)(F)F.F[B-](F)(F)F.F[B-](F)(F)F. The Morgan fingerprint density at radius 3 is 0.538 bits per heavy atom. The van der Waals surface area contributed by atoms with Crippen molar-refractivity contribution in [2.75, 3.05) is 0 Å². The third-order valence-electron chi connectivity index (χ3n) is 1.21. The second kappa shape index (κ2) is 16.2. The van der Waals surface area contributed by atoms with Gasteiger partial charge in [-0.05, 0) is 0 Å². The molecule has 0 aliphatic carbocycles. The Labute approximate surface area is 152 Å². The van der Waals surface area contributed by atoms with Gasteiger partial charge in [-0.1, -0.05) is 0 Å². The fourth-order valence-electron chi connectivity index (χ4n) is 0.802. The minimum absolute atomic E-state index is 0.00666. The second-order valence-corrected chi connectivity index (χ2v) is 10.0. The maximum atomic E-state index is 9.75. The Bertz CT molecular complexity index is 207. The molecular formula is C5H10B4F16U. The molecule has 0 spiro atoms. The van der Waals surface area contributed by atoms with Gasteiger partial charge in [-0.15, -0.1) is 0 Å². The van der Waals surface area contributed by atoms with E-state index in [-0.39, 0.29) is 27.7 Å². The van der Waals surface area contributed by atoms with Gasteiger partial charge in [0.1, 0.15) is 0 Å². The van der Waals surface area contributed by atoms with E-state index in [2.05, 4.69) is 0 Å². The summed E-state index contributed by atoms with van der Waals surface area (Å²) >= 11 is 0.00666. The molecule has 0 saturated carbocycles. The van der Waals surface area contributed by atoms with E-state index in [0.717, 1.165) is 0 Å². The average Bonchev–Trinajstić information content (AvgIpc) is 2.21. The van der Waals surface area contributed by atoms with E-state index in [4.69, 9.17) is 0 Å². The average molecular weight is 655 g/mol. The summed E-state index contributed by atoms with van der Waals surface area (Å²) in [6.45, 7) is 0. The molecule has 158 valence electrons. The molecule has 0 amide bonds. The quantitative estimate of drug-likeness (QED) is 0.190. The van der Waals surface area contributed by atoms with Gasteiger partial charge in [-0.3, -0.25) is 0 Å². The van der Waals surface area contributed by atoms with E-state index in [0.29, 0.717) is 0 Å². The molecule has 1 aliphatic rings. The number of hydrogen-bond donors (Lipinski definition) is 0. The van der Waals surface area contributed by atoms with Crippen LogP contribution in [0, 0.1) is 27.7 Å². The van der Waals surface area contributed by atoms with Crippen LogP contribution in [0.1, 0.15) is 19.3 Å². The van der Waals surface area contributed by atoms with Gasteiger partial charge < -0.3 is 69.1 Å². The fourth-order valence-corrected chi connectivity index (χ4v) is 6.01. The Morgan fingerprint density at radius 2 is 0.500 bits per heavy atom. The van der Waals surface area contributed by atoms with Gasteiger partial charge in [0.15, 0.2) is 0 Å². The minimum atomic E-state index is -6.00. The van der Waals surface area contributed by atoms with Crippen LogP contribution in [-0.2, 0) is 0 Å². The van der Waals surface area contributed by atoms with Crippen molar-refractivity contribution in [2.24, 2.45) is 0 Å². The Kier molecular flexibility index (Phi) is 21.0. The summed E-state index contributed by atoms with van der Waals surface area (Å²) in [6, 6.07) is 0. The summed E-state index contributed by atoms with van der Waals surface area (Å²) in [5.41, 5.74) is 0. The molecule has 1 heterocycles. The minimum Gasteiger partial charge on any atom is -0.418 e. The monoisotopic (exact) mass is 656 g/mol. The van der Waals surface area contributed by atoms with Crippen LogP contribution in [0.2, 0.25) is 6.91 Å². The molecule has 0 bridgehead atoms. The molecule has 1 rings (SSSR count). The summed E-state index contributed by atoms with van der Waals surface area (Å²) in [7, 11) is -24.0. The molecular weight excluding hydrogens is 645 g/mol. The summed E-state index contributed by atoms with van der Waals surface area (Å²) in [5.74, 6) is 0. The fraction of sp³-hybridized carbons (Fsp3) is 1.00. The Morgan fingerprint density at radius 1 is 0.346 bits per heavy atom. The number of halogens is 16. The van der Waals surface area contributed by atoms with Crippen molar-refractivity contribution < 1.29 is 96.8 Å². The van der Waals surface area contributed by atoms with Gasteiger partial charge in [0.05, 0.1) is 0 Å². The van der Waals surface area contributed by atoms with Gasteiger partial charge >= 0.3 is 82.9 Å². The number of hydrogen-bond acceptors (Lipinski definition) is 0. The molecule has 0 radical (unpaired) electrons. The third kappa shape index (κ3) is 339. The second-order valence-electron chi connectivity index (χ2n) is 3.79. The molecule has 0 unspecified atom stereocenters. The molecule has 1 fully saturated rings. The smallest absolute Gasteiger partial charge is 0.418 e. The third-order valence-corrected chi connectivity index (χ3v) is 7.10. The molecule has 0 nitrogen and oxygen atoms in total. The molecule has 26 heavy (non-hydrogen) atoms. The van der Waals surface area contributed by atoms with Gasteiger partial charge in [0, 0.05) is 0 Å². The maximum absolute atomic E-state index is 9.75. The van der Waals surface area contributed by atoms with Crippen molar-refractivity contribution in [3.8, 4) is 0 Å². The van der Waals surface area contributed by atoms with Crippen molar-refractivity contribution in [3.63, 3.8) is 0 Å². The molecule has 0 N–H and O–H groups in total. The first kappa shape index (κ1) is 33.8. The van der Waals surface area contributed by atoms with E-state index >= 15 is 0 Å². The Hall–Kier alpha value is 0.192. The summed E-state index contributed by atoms with van der Waals surface area (Å²) < 4.78 is 159. The first-order valence-electron chi connectivity index (χ1n) is 6.20. The van der Waals surface area contributed by atoms with Gasteiger partial charge in [-0.25, -0.2) is 0 Å². The predicted octanol–water partition coefficient (Wildman–Crippen LogP) is 7.29. The van der Waals surface area contributed by atoms with Crippen LogP contribution in [0.25, 0.3) is 0 Å². The molecule has 0 aromatic carbocycles. The van der Waals surface area contributed by atoms with E-state index in [1.807, 2.05) is 0 Å². The van der Waals surface area contributed by atoms with Gasteiger partial charge in [0.25, 0.3) is 0 Å². The maximum Gasteiger partial charge on any atom is 0.673 e. The predicted molar refractivity (Wildman–Crippen MR) is 64.2 cm³/mol. The van der Waals surface area contributed by atoms with Crippen molar-refractivity contribution in [2.45, 2.75) is 26.2 Å². The van der Waals surface area contributed by atoms with Crippen LogP contribution in [-0.4, -0.2) is 29.0 Å². The van der Waals surface area contributed by atoms with Crippen molar-refractivity contribution in [1.82, 2.24) is 0 Å². The molecule has 21 heteroatoms. The normalized spacial score (nSPS) is 14.2. The zero-order chi connectivity index (χ0) is 22.2. The van der Waals surface area contributed by atoms with Crippen molar-refractivity contribution in [3.05, 3.63) is 0 Å². The molecule has 1 aliphatic heterocycles. The van der Waals surface area contributed by atoms with Gasteiger partial charge in [-0.2, -0.15) is 0 Å². The summed E-state index contributed by atoms with van der Waals surface area (Å²) in [6.07, 6.45) is 4.74. The summed E-state index contributed by atoms with van der Waals surface area (Å²) in [5, 5.41) is 0. The first-order chi connectivity index (χ1) is 11.0. The molecule has 0 atom stereocenters.